The summed E-state index contributed by atoms with van der Waals surface area (Å²) >= 11 is 7.56. The molecule has 3 nitrogen and oxygen atoms in total. The van der Waals surface area contributed by atoms with Crippen molar-refractivity contribution in [2.75, 3.05) is 6.54 Å². The van der Waals surface area contributed by atoms with Gasteiger partial charge in [0, 0.05) is 5.02 Å². The molecule has 1 unspecified atom stereocenters. The maximum absolute atomic E-state index is 13.5. The molecule has 0 radical (unpaired) electrons. The predicted octanol–water partition coefficient (Wildman–Crippen LogP) is 4.15. The molecule has 1 heterocycles. The van der Waals surface area contributed by atoms with Crippen LogP contribution in [0.4, 0.5) is 4.39 Å². The van der Waals surface area contributed by atoms with Crippen molar-refractivity contribution in [1.29, 1.82) is 0 Å². The van der Waals surface area contributed by atoms with E-state index < -0.39 is 0 Å². The van der Waals surface area contributed by atoms with Gasteiger partial charge in [0.1, 0.15) is 5.82 Å². The van der Waals surface area contributed by atoms with Gasteiger partial charge in [-0.05, 0) is 47.8 Å². The minimum absolute atomic E-state index is 0.180. The lowest BCUT2D eigenvalue weighted by molar-refractivity contribution is 0.602. The Morgan fingerprint density at radius 3 is 2.80 bits per heavy atom. The van der Waals surface area contributed by atoms with Crippen LogP contribution in [0, 0.1) is 5.82 Å². The molecule has 6 heteroatoms. The van der Waals surface area contributed by atoms with Crippen molar-refractivity contribution >= 4 is 23.1 Å². The van der Waals surface area contributed by atoms with E-state index in [1.54, 1.807) is 6.07 Å². The summed E-state index contributed by atoms with van der Waals surface area (Å²) in [7, 11) is 0. The van der Waals surface area contributed by atoms with Crippen molar-refractivity contribution in [3.05, 3.63) is 45.2 Å². The van der Waals surface area contributed by atoms with Crippen molar-refractivity contribution in [3.63, 3.8) is 0 Å². The number of hydrogen-bond acceptors (Lipinski definition) is 4. The maximum atomic E-state index is 13.5. The number of rotatable bonds is 5. The third kappa shape index (κ3) is 3.16. The van der Waals surface area contributed by atoms with Gasteiger partial charge in [0.05, 0.1) is 16.6 Å². The maximum Gasteiger partial charge on any atom is 0.123 e. The van der Waals surface area contributed by atoms with Crippen LogP contribution in [0.5, 0.6) is 0 Å². The molecule has 0 aliphatic rings. The van der Waals surface area contributed by atoms with E-state index >= 15 is 0 Å². The first kappa shape index (κ1) is 15.4. The normalized spacial score (nSPS) is 12.9. The van der Waals surface area contributed by atoms with Gasteiger partial charge in [-0.15, -0.1) is 5.10 Å². The Kier molecular flexibility index (Phi) is 5.07. The van der Waals surface area contributed by atoms with Gasteiger partial charge in [0.25, 0.3) is 0 Å². The first-order valence-electron chi connectivity index (χ1n) is 6.55. The highest BCUT2D eigenvalue weighted by Gasteiger charge is 2.24. The molecular weight excluding hydrogens is 297 g/mol. The molecule has 0 aliphatic heterocycles. The third-order valence-electron chi connectivity index (χ3n) is 3.03. The predicted molar refractivity (Wildman–Crippen MR) is 80.9 cm³/mol. The minimum Gasteiger partial charge on any atom is -0.306 e. The van der Waals surface area contributed by atoms with Crippen LogP contribution in [0.1, 0.15) is 48.9 Å². The Bertz CT molecular complexity index is 586. The molecular formula is C14H17ClFN3S. The van der Waals surface area contributed by atoms with Crippen LogP contribution in [0.15, 0.2) is 18.2 Å². The highest BCUT2D eigenvalue weighted by molar-refractivity contribution is 7.05. The largest absolute Gasteiger partial charge is 0.306 e. The smallest absolute Gasteiger partial charge is 0.123 e. The Hall–Kier alpha value is -1.04. The van der Waals surface area contributed by atoms with E-state index in [0.29, 0.717) is 5.02 Å². The fourth-order valence-corrected chi connectivity index (χ4v) is 3.22. The molecule has 0 saturated carbocycles. The lowest BCUT2D eigenvalue weighted by Gasteiger charge is -2.19. The number of hydrogen-bond donors (Lipinski definition) is 1. The topological polar surface area (TPSA) is 37.8 Å². The van der Waals surface area contributed by atoms with Crippen molar-refractivity contribution < 1.29 is 4.39 Å². The number of nitrogens with zero attached hydrogens (tertiary/aromatic N) is 2. The molecule has 2 rings (SSSR count). The van der Waals surface area contributed by atoms with Gasteiger partial charge in [0.2, 0.25) is 0 Å². The van der Waals surface area contributed by atoms with Gasteiger partial charge in [-0.3, -0.25) is 0 Å². The zero-order chi connectivity index (χ0) is 14.7. The van der Waals surface area contributed by atoms with Crippen LogP contribution < -0.4 is 5.32 Å². The van der Waals surface area contributed by atoms with Crippen molar-refractivity contribution in [1.82, 2.24) is 14.9 Å². The van der Waals surface area contributed by atoms with Gasteiger partial charge in [-0.25, -0.2) is 4.39 Å². The fourth-order valence-electron chi connectivity index (χ4n) is 2.09. The lowest BCUT2D eigenvalue weighted by Crippen LogP contribution is -2.23. The van der Waals surface area contributed by atoms with Crippen LogP contribution in [-0.4, -0.2) is 16.1 Å². The molecule has 20 heavy (non-hydrogen) atoms. The molecule has 0 fully saturated rings. The Morgan fingerprint density at radius 2 is 2.15 bits per heavy atom. The van der Waals surface area contributed by atoms with Crippen molar-refractivity contribution in [3.8, 4) is 0 Å². The molecule has 1 N–H and O–H groups in total. The van der Waals surface area contributed by atoms with E-state index in [4.69, 9.17) is 11.6 Å². The van der Waals surface area contributed by atoms with Crippen LogP contribution in [-0.2, 0) is 0 Å². The van der Waals surface area contributed by atoms with E-state index in [2.05, 4.69) is 28.8 Å². The van der Waals surface area contributed by atoms with Crippen LogP contribution in [0.25, 0.3) is 0 Å². The molecule has 0 amide bonds. The van der Waals surface area contributed by atoms with E-state index in [1.807, 2.05) is 6.92 Å². The van der Waals surface area contributed by atoms with E-state index in [9.17, 15) is 4.39 Å². The van der Waals surface area contributed by atoms with Gasteiger partial charge < -0.3 is 5.32 Å². The first-order chi connectivity index (χ1) is 9.54. The molecule has 0 saturated heterocycles. The molecule has 1 aromatic carbocycles. The molecule has 0 spiro atoms. The summed E-state index contributed by atoms with van der Waals surface area (Å²) in [6, 6.07) is 4.24. The summed E-state index contributed by atoms with van der Waals surface area (Å²) in [4.78, 5) is 0.995. The lowest BCUT2D eigenvalue weighted by atomic mass is 10.00. The summed E-state index contributed by atoms with van der Waals surface area (Å²) < 4.78 is 17.6. The van der Waals surface area contributed by atoms with Crippen molar-refractivity contribution in [2.24, 2.45) is 0 Å². The van der Waals surface area contributed by atoms with Crippen LogP contribution in [0.2, 0.25) is 5.02 Å². The van der Waals surface area contributed by atoms with E-state index in [-0.39, 0.29) is 17.8 Å². The standard InChI is InChI=1S/C14H17ClFN3S/c1-4-17-13(10-7-9(16)5-6-11(10)15)14-12(8(2)3)18-19-20-14/h5-8,13,17H,4H2,1-3H3. The van der Waals surface area contributed by atoms with Gasteiger partial charge in [-0.2, -0.15) is 0 Å². The number of halogens is 2. The molecule has 0 bridgehead atoms. The van der Waals surface area contributed by atoms with Crippen molar-refractivity contribution in [2.45, 2.75) is 32.7 Å². The van der Waals surface area contributed by atoms with Crippen LogP contribution >= 0.6 is 23.1 Å². The molecule has 108 valence electrons. The summed E-state index contributed by atoms with van der Waals surface area (Å²) in [5, 5.41) is 8.07. The van der Waals surface area contributed by atoms with Crippen LogP contribution in [0.3, 0.4) is 0 Å². The first-order valence-corrected chi connectivity index (χ1v) is 7.70. The second kappa shape index (κ2) is 6.61. The zero-order valence-corrected chi connectivity index (χ0v) is 13.2. The van der Waals surface area contributed by atoms with E-state index in [0.717, 1.165) is 22.7 Å². The third-order valence-corrected chi connectivity index (χ3v) is 4.18. The fraction of sp³-hybridized carbons (Fsp3) is 0.429. The average molecular weight is 314 g/mol. The molecule has 0 aliphatic carbocycles. The van der Waals surface area contributed by atoms with E-state index in [1.165, 1.54) is 23.7 Å². The number of benzene rings is 1. The average Bonchev–Trinajstić information content (AvgIpc) is 2.88. The molecule has 2 aromatic rings. The highest BCUT2D eigenvalue weighted by atomic mass is 35.5. The SMILES string of the molecule is CCNC(c1cc(F)ccc1Cl)c1snnc1C(C)C. The van der Waals surface area contributed by atoms with Gasteiger partial charge >= 0.3 is 0 Å². The monoisotopic (exact) mass is 313 g/mol. The van der Waals surface area contributed by atoms with Gasteiger partial charge in [-0.1, -0.05) is 36.9 Å². The summed E-state index contributed by atoms with van der Waals surface area (Å²) in [6.45, 7) is 6.88. The highest BCUT2D eigenvalue weighted by Crippen LogP contribution is 2.34. The molecule has 1 atom stereocenters. The summed E-state index contributed by atoms with van der Waals surface area (Å²) in [5.74, 6) is -0.0342. The Labute approximate surface area is 127 Å². The Morgan fingerprint density at radius 1 is 1.40 bits per heavy atom. The molecule has 1 aromatic heterocycles. The quantitative estimate of drug-likeness (QED) is 0.901. The second-order valence-electron chi connectivity index (χ2n) is 4.83. The number of aromatic nitrogens is 2. The van der Waals surface area contributed by atoms with Gasteiger partial charge in [0.15, 0.2) is 0 Å². The summed E-state index contributed by atoms with van der Waals surface area (Å²) in [6.07, 6.45) is 0. The number of nitrogens with one attached hydrogen (secondary N) is 1. The Balaban J connectivity index is 2.50. The summed E-state index contributed by atoms with van der Waals surface area (Å²) in [5.41, 5.74) is 1.66. The zero-order valence-electron chi connectivity index (χ0n) is 11.7. The second-order valence-corrected chi connectivity index (χ2v) is 6.03. The minimum atomic E-state index is -0.295.